The molecule has 1 aromatic carbocycles. The molecule has 3 aliphatic heterocycles. The monoisotopic (exact) mass is 370 g/mol. The van der Waals surface area contributed by atoms with Crippen LogP contribution in [-0.4, -0.2) is 52.9 Å². The molecule has 3 aliphatic rings. The Morgan fingerprint density at radius 3 is 2.81 bits per heavy atom. The minimum absolute atomic E-state index is 0.178. The number of aliphatic hydroxyl groups excluding tert-OH is 2. The van der Waals surface area contributed by atoms with Gasteiger partial charge >= 0.3 is 0 Å². The third-order valence-corrected chi connectivity index (χ3v) is 5.82. The van der Waals surface area contributed by atoms with Crippen molar-refractivity contribution in [3.8, 4) is 5.75 Å². The number of piperidine rings is 3. The summed E-state index contributed by atoms with van der Waals surface area (Å²) in [5.41, 5.74) is 1.85. The molecule has 1 aromatic heterocycles. The third kappa shape index (κ3) is 4.00. The SMILES string of the molecule is C=C[C@@H]1CN2CCC1C[C@@H]2[C@H](O)c1ccnc2ccc(OC)cc12.CCO. The van der Waals surface area contributed by atoms with Crippen molar-refractivity contribution in [1.82, 2.24) is 9.88 Å². The quantitative estimate of drug-likeness (QED) is 0.810. The van der Waals surface area contributed by atoms with Gasteiger partial charge in [-0.3, -0.25) is 9.88 Å². The van der Waals surface area contributed by atoms with Gasteiger partial charge < -0.3 is 14.9 Å². The van der Waals surface area contributed by atoms with Gasteiger partial charge in [-0.1, -0.05) is 6.08 Å². The summed E-state index contributed by atoms with van der Waals surface area (Å²) in [5.74, 6) is 2.01. The minimum atomic E-state index is -0.504. The number of nitrogens with zero attached hydrogens (tertiary/aromatic N) is 2. The Labute approximate surface area is 161 Å². The zero-order valence-corrected chi connectivity index (χ0v) is 16.2. The van der Waals surface area contributed by atoms with Crippen LogP contribution in [0.15, 0.2) is 43.1 Å². The number of benzene rings is 1. The molecule has 5 heteroatoms. The molecule has 2 N–H and O–H groups in total. The Morgan fingerprint density at radius 2 is 2.19 bits per heavy atom. The van der Waals surface area contributed by atoms with Gasteiger partial charge in [0.05, 0.1) is 18.7 Å². The average Bonchev–Trinajstić information content (AvgIpc) is 2.73. The average molecular weight is 370 g/mol. The molecule has 27 heavy (non-hydrogen) atoms. The summed E-state index contributed by atoms with van der Waals surface area (Å²) in [4.78, 5) is 6.86. The summed E-state index contributed by atoms with van der Waals surface area (Å²) < 4.78 is 5.35. The van der Waals surface area contributed by atoms with Gasteiger partial charge in [0.1, 0.15) is 5.75 Å². The van der Waals surface area contributed by atoms with Crippen molar-refractivity contribution in [3.05, 3.63) is 48.7 Å². The van der Waals surface area contributed by atoms with E-state index in [9.17, 15) is 5.11 Å². The first-order chi connectivity index (χ1) is 13.1. The summed E-state index contributed by atoms with van der Waals surface area (Å²) in [7, 11) is 1.66. The van der Waals surface area contributed by atoms with Crippen molar-refractivity contribution in [3.63, 3.8) is 0 Å². The van der Waals surface area contributed by atoms with E-state index in [0.717, 1.165) is 41.7 Å². The summed E-state index contributed by atoms with van der Waals surface area (Å²) in [6, 6.07) is 7.96. The first kappa shape index (κ1) is 19.8. The van der Waals surface area contributed by atoms with Gasteiger partial charge in [0.15, 0.2) is 0 Å². The van der Waals surface area contributed by atoms with Crippen LogP contribution in [0.25, 0.3) is 10.9 Å². The highest BCUT2D eigenvalue weighted by Crippen LogP contribution is 2.42. The number of rotatable bonds is 4. The van der Waals surface area contributed by atoms with E-state index in [0.29, 0.717) is 11.8 Å². The molecule has 146 valence electrons. The molecule has 5 rings (SSSR count). The Balaban J connectivity index is 0.000000659. The topological polar surface area (TPSA) is 65.8 Å². The number of fused-ring (bicyclic) bond motifs is 4. The van der Waals surface area contributed by atoms with Crippen LogP contribution in [-0.2, 0) is 0 Å². The molecule has 0 radical (unpaired) electrons. The van der Waals surface area contributed by atoms with Gasteiger partial charge in [-0.05, 0) is 68.0 Å². The lowest BCUT2D eigenvalue weighted by atomic mass is 9.73. The molecule has 0 aliphatic carbocycles. The van der Waals surface area contributed by atoms with Gasteiger partial charge in [0.25, 0.3) is 0 Å². The molecule has 2 aromatic rings. The fourth-order valence-corrected chi connectivity index (χ4v) is 4.44. The number of methoxy groups -OCH3 is 1. The van der Waals surface area contributed by atoms with E-state index in [2.05, 4.69) is 22.5 Å². The van der Waals surface area contributed by atoms with Crippen molar-refractivity contribution < 1.29 is 14.9 Å². The van der Waals surface area contributed by atoms with Crippen molar-refractivity contribution in [2.45, 2.75) is 31.9 Å². The molecule has 5 atom stereocenters. The lowest BCUT2D eigenvalue weighted by molar-refractivity contribution is -0.0444. The van der Waals surface area contributed by atoms with Crippen molar-refractivity contribution in [1.29, 1.82) is 0 Å². The number of aromatic nitrogens is 1. The fraction of sp³-hybridized carbons (Fsp3) is 0.500. The third-order valence-electron chi connectivity index (χ3n) is 5.82. The molecule has 4 heterocycles. The van der Waals surface area contributed by atoms with Gasteiger partial charge in [-0.2, -0.15) is 0 Å². The van der Waals surface area contributed by atoms with E-state index in [4.69, 9.17) is 9.84 Å². The van der Waals surface area contributed by atoms with Crippen molar-refractivity contribution >= 4 is 10.9 Å². The normalized spacial score (nSPS) is 27.6. The molecule has 3 saturated heterocycles. The lowest BCUT2D eigenvalue weighted by Crippen LogP contribution is -2.54. The molecule has 0 amide bonds. The van der Waals surface area contributed by atoms with Gasteiger partial charge in [0.2, 0.25) is 0 Å². The maximum absolute atomic E-state index is 11.2. The van der Waals surface area contributed by atoms with E-state index >= 15 is 0 Å². The number of hydrogen-bond donors (Lipinski definition) is 2. The van der Waals surface area contributed by atoms with Gasteiger partial charge in [-0.25, -0.2) is 0 Å². The summed E-state index contributed by atoms with van der Waals surface area (Å²) in [5, 5.41) is 19.7. The molecule has 0 spiro atoms. The minimum Gasteiger partial charge on any atom is -0.497 e. The van der Waals surface area contributed by atoms with E-state index in [1.54, 1.807) is 20.2 Å². The van der Waals surface area contributed by atoms with Crippen LogP contribution in [0, 0.1) is 11.8 Å². The van der Waals surface area contributed by atoms with Crippen LogP contribution < -0.4 is 4.74 Å². The lowest BCUT2D eigenvalue weighted by Gasteiger charge is -2.50. The van der Waals surface area contributed by atoms with E-state index < -0.39 is 6.10 Å². The molecular weight excluding hydrogens is 340 g/mol. The van der Waals surface area contributed by atoms with Crippen LogP contribution in [0.4, 0.5) is 0 Å². The van der Waals surface area contributed by atoms with Crippen LogP contribution in [0.5, 0.6) is 5.75 Å². The van der Waals surface area contributed by atoms with Crippen LogP contribution in [0.2, 0.25) is 0 Å². The predicted octanol–water partition coefficient (Wildman–Crippen LogP) is 3.17. The number of ether oxygens (including phenoxy) is 1. The first-order valence-corrected chi connectivity index (χ1v) is 9.71. The fourth-order valence-electron chi connectivity index (χ4n) is 4.44. The molecule has 3 fully saturated rings. The van der Waals surface area contributed by atoms with Crippen LogP contribution in [0.3, 0.4) is 0 Å². The molecular formula is C22H30N2O3. The highest BCUT2D eigenvalue weighted by Gasteiger charge is 2.42. The van der Waals surface area contributed by atoms with Gasteiger partial charge in [-0.15, -0.1) is 6.58 Å². The molecule has 0 saturated carbocycles. The maximum Gasteiger partial charge on any atom is 0.119 e. The second kappa shape index (κ2) is 8.83. The number of pyridine rings is 1. The largest absolute Gasteiger partial charge is 0.497 e. The van der Waals surface area contributed by atoms with Crippen molar-refractivity contribution in [2.24, 2.45) is 11.8 Å². The van der Waals surface area contributed by atoms with E-state index in [-0.39, 0.29) is 12.6 Å². The number of aliphatic hydroxyl groups is 2. The highest BCUT2D eigenvalue weighted by molar-refractivity contribution is 5.83. The first-order valence-electron chi connectivity index (χ1n) is 9.71. The van der Waals surface area contributed by atoms with E-state index in [1.807, 2.05) is 24.3 Å². The number of hydrogen-bond acceptors (Lipinski definition) is 5. The second-order valence-corrected chi connectivity index (χ2v) is 7.29. The zero-order chi connectivity index (χ0) is 19.4. The van der Waals surface area contributed by atoms with Crippen LogP contribution >= 0.6 is 0 Å². The summed E-state index contributed by atoms with van der Waals surface area (Å²) in [6.07, 6.45) is 5.62. The summed E-state index contributed by atoms with van der Waals surface area (Å²) in [6.45, 7) is 8.00. The van der Waals surface area contributed by atoms with Crippen molar-refractivity contribution in [2.75, 3.05) is 26.8 Å². The molecule has 2 bridgehead atoms. The Bertz CT molecular complexity index is 779. The van der Waals surface area contributed by atoms with E-state index in [1.165, 1.54) is 6.42 Å². The van der Waals surface area contributed by atoms with Crippen LogP contribution in [0.1, 0.15) is 31.4 Å². The Morgan fingerprint density at radius 1 is 1.41 bits per heavy atom. The van der Waals surface area contributed by atoms with Gasteiger partial charge in [0, 0.05) is 30.8 Å². The predicted molar refractivity (Wildman–Crippen MR) is 108 cm³/mol. The summed E-state index contributed by atoms with van der Waals surface area (Å²) >= 11 is 0. The highest BCUT2D eigenvalue weighted by atomic mass is 16.5. The Kier molecular flexibility index (Phi) is 6.47. The standard InChI is InChI=1S/C20H24N2O2.C2H6O/c1-3-13-12-22-9-7-14(13)10-19(22)20(23)16-6-8-21-18-5-4-15(24-2)11-17(16)18;1-2-3/h3-6,8,11,13-14,19-20,23H,1,7,9-10,12H2,2H3;3H,2H2,1H3/t13-,14?,19-,20-;/m1./s1. The molecule has 5 nitrogen and oxygen atoms in total. The zero-order valence-electron chi connectivity index (χ0n) is 16.2. The molecule has 2 unspecified atom stereocenters. The second-order valence-electron chi connectivity index (χ2n) is 7.29. The Hall–Kier alpha value is -1.95. The maximum atomic E-state index is 11.2. The smallest absolute Gasteiger partial charge is 0.119 e.